The maximum atomic E-state index is 5.59. The third kappa shape index (κ3) is 2.40. The van der Waals surface area contributed by atoms with E-state index in [0.717, 1.165) is 16.7 Å². The molecule has 3 aromatic rings. The van der Waals surface area contributed by atoms with Gasteiger partial charge in [0.05, 0.1) is 6.20 Å². The van der Waals surface area contributed by atoms with Gasteiger partial charge in [-0.05, 0) is 11.6 Å². The van der Waals surface area contributed by atoms with Crippen LogP contribution in [0.2, 0.25) is 0 Å². The van der Waals surface area contributed by atoms with Crippen molar-refractivity contribution in [3.8, 4) is 22.5 Å². The van der Waals surface area contributed by atoms with E-state index in [-0.39, 0.29) is 0 Å². The summed E-state index contributed by atoms with van der Waals surface area (Å²) in [6.45, 7) is 0. The Bertz CT molecular complexity index is 703. The van der Waals surface area contributed by atoms with Gasteiger partial charge in [0.1, 0.15) is 7.85 Å². The van der Waals surface area contributed by atoms with E-state index in [1.54, 1.807) is 17.1 Å². The molecular weight excluding hydrogens is 235 g/mol. The topological polar surface area (TPSA) is 43.6 Å². The second kappa shape index (κ2) is 4.68. The highest BCUT2D eigenvalue weighted by Gasteiger charge is 2.04. The van der Waals surface area contributed by atoms with Crippen molar-refractivity contribution >= 4 is 13.3 Å². The lowest BCUT2D eigenvalue weighted by atomic mass is 10.0. The molecule has 0 spiro atoms. The summed E-state index contributed by atoms with van der Waals surface area (Å²) in [6, 6.07) is 8.04. The van der Waals surface area contributed by atoms with Crippen molar-refractivity contribution in [2.24, 2.45) is 7.05 Å². The van der Waals surface area contributed by atoms with Gasteiger partial charge in [0.2, 0.25) is 0 Å². The number of nitrogens with zero attached hydrogens (tertiary/aromatic N) is 4. The molecule has 3 rings (SSSR count). The Morgan fingerprint density at radius 2 is 1.74 bits per heavy atom. The highest BCUT2D eigenvalue weighted by Crippen LogP contribution is 2.23. The Morgan fingerprint density at radius 3 is 2.42 bits per heavy atom. The fourth-order valence-electron chi connectivity index (χ4n) is 1.90. The monoisotopic (exact) mass is 246 g/mol. The minimum atomic E-state index is 0.562. The van der Waals surface area contributed by atoms with Gasteiger partial charge in [0.15, 0.2) is 5.82 Å². The zero-order valence-electron chi connectivity index (χ0n) is 10.5. The first-order chi connectivity index (χ1) is 9.22. The zero-order valence-corrected chi connectivity index (χ0v) is 10.5. The highest BCUT2D eigenvalue weighted by atomic mass is 15.2. The molecule has 2 radical (unpaired) electrons. The van der Waals surface area contributed by atoms with Gasteiger partial charge in [-0.2, -0.15) is 5.10 Å². The van der Waals surface area contributed by atoms with Crippen molar-refractivity contribution in [1.82, 2.24) is 19.7 Å². The standard InChI is InChI=1S/C14H11BN4/c1-19-9-12(6-18-19)10-3-2-4-11(5-10)14-16-7-13(15)8-17-14/h2-9H,1H3. The molecule has 90 valence electrons. The first kappa shape index (κ1) is 11.7. The van der Waals surface area contributed by atoms with Gasteiger partial charge in [-0.25, -0.2) is 9.97 Å². The molecule has 0 atom stereocenters. The third-order valence-corrected chi connectivity index (χ3v) is 2.83. The Labute approximate surface area is 112 Å². The Balaban J connectivity index is 2.02. The molecule has 0 amide bonds. The molecular formula is C14H11BN4. The van der Waals surface area contributed by atoms with E-state index < -0.39 is 0 Å². The predicted molar refractivity (Wildman–Crippen MR) is 75.1 cm³/mol. The molecule has 0 unspecified atom stereocenters. The molecule has 0 N–H and O–H groups in total. The lowest BCUT2D eigenvalue weighted by Crippen LogP contribution is -2.04. The van der Waals surface area contributed by atoms with Crippen molar-refractivity contribution in [1.29, 1.82) is 0 Å². The fourth-order valence-corrected chi connectivity index (χ4v) is 1.90. The molecule has 0 aliphatic carbocycles. The van der Waals surface area contributed by atoms with Gasteiger partial charge >= 0.3 is 0 Å². The number of aryl methyl sites for hydroxylation is 1. The lowest BCUT2D eigenvalue weighted by molar-refractivity contribution is 0.768. The first-order valence-electron chi connectivity index (χ1n) is 5.89. The molecule has 19 heavy (non-hydrogen) atoms. The van der Waals surface area contributed by atoms with Gasteiger partial charge in [0, 0.05) is 36.8 Å². The van der Waals surface area contributed by atoms with E-state index in [2.05, 4.69) is 15.1 Å². The smallest absolute Gasteiger partial charge is 0.159 e. The number of hydrogen-bond donors (Lipinski definition) is 0. The van der Waals surface area contributed by atoms with E-state index in [1.807, 2.05) is 43.7 Å². The quantitative estimate of drug-likeness (QED) is 0.641. The van der Waals surface area contributed by atoms with Crippen LogP contribution in [0.15, 0.2) is 49.1 Å². The summed E-state index contributed by atoms with van der Waals surface area (Å²) in [7, 11) is 7.49. The van der Waals surface area contributed by atoms with E-state index in [1.165, 1.54) is 0 Å². The van der Waals surface area contributed by atoms with Crippen LogP contribution < -0.4 is 5.46 Å². The normalized spacial score (nSPS) is 10.6. The Kier molecular flexibility index (Phi) is 2.87. The number of aromatic nitrogens is 4. The van der Waals surface area contributed by atoms with Crippen LogP contribution in [-0.2, 0) is 7.05 Å². The second-order valence-corrected chi connectivity index (χ2v) is 4.32. The van der Waals surface area contributed by atoms with Crippen LogP contribution in [0.5, 0.6) is 0 Å². The summed E-state index contributed by atoms with van der Waals surface area (Å²) in [6.07, 6.45) is 7.03. The molecule has 0 saturated heterocycles. The minimum absolute atomic E-state index is 0.562. The molecule has 0 aliphatic rings. The van der Waals surface area contributed by atoms with Gasteiger partial charge in [-0.15, -0.1) is 0 Å². The number of hydrogen-bond acceptors (Lipinski definition) is 3. The van der Waals surface area contributed by atoms with Crippen molar-refractivity contribution < 1.29 is 0 Å². The Hall–Kier alpha value is -2.43. The Morgan fingerprint density at radius 1 is 1.00 bits per heavy atom. The van der Waals surface area contributed by atoms with E-state index in [0.29, 0.717) is 11.3 Å². The molecule has 0 fully saturated rings. The average Bonchev–Trinajstić information content (AvgIpc) is 2.86. The summed E-state index contributed by atoms with van der Waals surface area (Å²) in [5.74, 6) is 0.667. The maximum absolute atomic E-state index is 5.59. The van der Waals surface area contributed by atoms with Crippen molar-refractivity contribution in [2.45, 2.75) is 0 Å². The average molecular weight is 246 g/mol. The van der Waals surface area contributed by atoms with Crippen LogP contribution in [0.25, 0.3) is 22.5 Å². The second-order valence-electron chi connectivity index (χ2n) is 4.32. The van der Waals surface area contributed by atoms with Crippen molar-refractivity contribution in [3.63, 3.8) is 0 Å². The van der Waals surface area contributed by atoms with Gasteiger partial charge in [-0.3, -0.25) is 4.68 Å². The van der Waals surface area contributed by atoms with Crippen molar-refractivity contribution in [3.05, 3.63) is 49.1 Å². The molecule has 2 aromatic heterocycles. The van der Waals surface area contributed by atoms with Gasteiger partial charge in [-0.1, -0.05) is 23.7 Å². The largest absolute Gasteiger partial charge is 0.275 e. The minimum Gasteiger partial charge on any atom is -0.275 e. The van der Waals surface area contributed by atoms with Crippen molar-refractivity contribution in [2.75, 3.05) is 0 Å². The molecule has 4 nitrogen and oxygen atoms in total. The predicted octanol–water partition coefficient (Wildman–Crippen LogP) is 1.34. The fraction of sp³-hybridized carbons (Fsp3) is 0.0714. The summed E-state index contributed by atoms with van der Waals surface area (Å²) < 4.78 is 1.78. The van der Waals surface area contributed by atoms with E-state index in [4.69, 9.17) is 7.85 Å². The van der Waals surface area contributed by atoms with Crippen LogP contribution in [0.3, 0.4) is 0 Å². The maximum Gasteiger partial charge on any atom is 0.159 e. The third-order valence-electron chi connectivity index (χ3n) is 2.83. The summed E-state index contributed by atoms with van der Waals surface area (Å²) in [5.41, 5.74) is 3.68. The molecule has 0 aliphatic heterocycles. The number of benzene rings is 1. The summed E-state index contributed by atoms with van der Waals surface area (Å²) in [4.78, 5) is 8.46. The van der Waals surface area contributed by atoms with E-state index >= 15 is 0 Å². The molecule has 0 bridgehead atoms. The van der Waals surface area contributed by atoms with Crippen LogP contribution in [0.4, 0.5) is 0 Å². The van der Waals surface area contributed by atoms with Crippen LogP contribution >= 0.6 is 0 Å². The molecule has 2 heterocycles. The van der Waals surface area contributed by atoms with Gasteiger partial charge < -0.3 is 0 Å². The zero-order chi connectivity index (χ0) is 13.2. The molecule has 1 aromatic carbocycles. The first-order valence-corrected chi connectivity index (χ1v) is 5.89. The molecule has 0 saturated carbocycles. The van der Waals surface area contributed by atoms with Crippen LogP contribution in [-0.4, -0.2) is 27.6 Å². The highest BCUT2D eigenvalue weighted by molar-refractivity contribution is 6.31. The number of rotatable bonds is 2. The SMILES string of the molecule is [B]c1cnc(-c2cccc(-c3cnn(C)c3)c2)nc1. The lowest BCUT2D eigenvalue weighted by Gasteiger charge is -2.03. The van der Waals surface area contributed by atoms with E-state index in [9.17, 15) is 0 Å². The molecule has 5 heteroatoms. The van der Waals surface area contributed by atoms with Gasteiger partial charge in [0.25, 0.3) is 0 Å². The summed E-state index contributed by atoms with van der Waals surface area (Å²) in [5, 5.41) is 4.18. The van der Waals surface area contributed by atoms with Crippen LogP contribution in [0, 0.1) is 0 Å². The summed E-state index contributed by atoms with van der Waals surface area (Å²) >= 11 is 0. The van der Waals surface area contributed by atoms with Crippen LogP contribution in [0.1, 0.15) is 0 Å².